The molecule has 0 saturated heterocycles. The third kappa shape index (κ3) is 4.60. The van der Waals surface area contributed by atoms with E-state index in [1.165, 1.54) is 5.01 Å². The fraction of sp³-hybridized carbons (Fsp3) is 0.750. The zero-order valence-corrected chi connectivity index (χ0v) is 11.3. The SMILES string of the molecule is CCC(NCC(N)CC(C)C)c1nccs1. The Morgan fingerprint density at radius 1 is 1.50 bits per heavy atom. The highest BCUT2D eigenvalue weighted by Gasteiger charge is 2.13. The molecule has 0 saturated carbocycles. The van der Waals surface area contributed by atoms with Crippen LogP contribution in [0.1, 0.15) is 44.7 Å². The Kier molecular flexibility index (Phi) is 5.95. The molecule has 16 heavy (non-hydrogen) atoms. The maximum atomic E-state index is 6.05. The van der Waals surface area contributed by atoms with Crippen LogP contribution in [0.3, 0.4) is 0 Å². The van der Waals surface area contributed by atoms with Crippen LogP contribution >= 0.6 is 11.3 Å². The molecule has 0 amide bonds. The smallest absolute Gasteiger partial charge is 0.109 e. The van der Waals surface area contributed by atoms with Crippen LogP contribution in [-0.2, 0) is 0 Å². The van der Waals surface area contributed by atoms with Crippen LogP contribution in [-0.4, -0.2) is 17.6 Å². The molecule has 1 heterocycles. The summed E-state index contributed by atoms with van der Waals surface area (Å²) in [6.07, 6.45) is 3.99. The second-order valence-electron chi connectivity index (χ2n) is 4.63. The fourth-order valence-electron chi connectivity index (χ4n) is 1.80. The van der Waals surface area contributed by atoms with Gasteiger partial charge in [0, 0.05) is 24.2 Å². The molecule has 2 atom stereocenters. The zero-order chi connectivity index (χ0) is 12.0. The zero-order valence-electron chi connectivity index (χ0n) is 10.4. The van der Waals surface area contributed by atoms with E-state index in [1.54, 1.807) is 11.3 Å². The summed E-state index contributed by atoms with van der Waals surface area (Å²) in [5.41, 5.74) is 6.05. The minimum absolute atomic E-state index is 0.244. The first-order valence-electron chi connectivity index (χ1n) is 6.01. The average molecular weight is 241 g/mol. The van der Waals surface area contributed by atoms with Crippen molar-refractivity contribution < 1.29 is 0 Å². The van der Waals surface area contributed by atoms with E-state index in [-0.39, 0.29) is 6.04 Å². The largest absolute Gasteiger partial charge is 0.327 e. The molecule has 2 unspecified atom stereocenters. The lowest BCUT2D eigenvalue weighted by Gasteiger charge is -2.19. The molecular weight excluding hydrogens is 218 g/mol. The molecule has 4 heteroatoms. The fourth-order valence-corrected chi connectivity index (χ4v) is 2.59. The van der Waals surface area contributed by atoms with Crippen molar-refractivity contribution in [3.63, 3.8) is 0 Å². The van der Waals surface area contributed by atoms with Crippen molar-refractivity contribution in [3.05, 3.63) is 16.6 Å². The third-order valence-electron chi connectivity index (χ3n) is 2.56. The number of thiazole rings is 1. The molecule has 0 aliphatic heterocycles. The van der Waals surface area contributed by atoms with Crippen molar-refractivity contribution in [3.8, 4) is 0 Å². The highest BCUT2D eigenvalue weighted by molar-refractivity contribution is 7.09. The number of nitrogens with one attached hydrogen (secondary N) is 1. The molecule has 1 rings (SSSR count). The Labute approximate surface area is 102 Å². The normalized spacial score (nSPS) is 15.3. The van der Waals surface area contributed by atoms with E-state index in [4.69, 9.17) is 5.73 Å². The van der Waals surface area contributed by atoms with Gasteiger partial charge in [-0.25, -0.2) is 4.98 Å². The van der Waals surface area contributed by atoms with Crippen LogP contribution in [0.4, 0.5) is 0 Å². The molecule has 1 aromatic heterocycles. The van der Waals surface area contributed by atoms with Crippen LogP contribution in [0.25, 0.3) is 0 Å². The molecule has 0 aliphatic rings. The van der Waals surface area contributed by atoms with Gasteiger partial charge in [-0.2, -0.15) is 0 Å². The van der Waals surface area contributed by atoms with Crippen molar-refractivity contribution in [1.82, 2.24) is 10.3 Å². The molecule has 0 aliphatic carbocycles. The van der Waals surface area contributed by atoms with Gasteiger partial charge in [-0.3, -0.25) is 0 Å². The first kappa shape index (κ1) is 13.6. The van der Waals surface area contributed by atoms with E-state index in [0.29, 0.717) is 12.0 Å². The summed E-state index contributed by atoms with van der Waals surface area (Å²) < 4.78 is 0. The summed E-state index contributed by atoms with van der Waals surface area (Å²) in [5.74, 6) is 0.664. The summed E-state index contributed by atoms with van der Waals surface area (Å²) in [5, 5.41) is 6.69. The van der Waals surface area contributed by atoms with Crippen molar-refractivity contribution >= 4 is 11.3 Å². The highest BCUT2D eigenvalue weighted by Crippen LogP contribution is 2.18. The minimum Gasteiger partial charge on any atom is -0.327 e. The van der Waals surface area contributed by atoms with Crippen LogP contribution in [0.15, 0.2) is 11.6 Å². The Bertz CT molecular complexity index is 272. The lowest BCUT2D eigenvalue weighted by atomic mass is 10.0. The molecular formula is C12H23N3S. The predicted octanol–water partition coefficient (Wildman–Crippen LogP) is 2.56. The molecule has 92 valence electrons. The predicted molar refractivity (Wildman–Crippen MR) is 70.6 cm³/mol. The van der Waals surface area contributed by atoms with Gasteiger partial charge in [0.05, 0.1) is 6.04 Å². The van der Waals surface area contributed by atoms with Crippen molar-refractivity contribution in [2.75, 3.05) is 6.54 Å². The lowest BCUT2D eigenvalue weighted by Crippen LogP contribution is -2.36. The Morgan fingerprint density at radius 3 is 2.75 bits per heavy atom. The molecule has 0 aromatic carbocycles. The standard InChI is InChI=1S/C12H23N3S/c1-4-11(12-14-5-6-16-12)15-8-10(13)7-9(2)3/h5-6,9-11,15H,4,7-8,13H2,1-3H3. The Hall–Kier alpha value is -0.450. The molecule has 0 spiro atoms. The summed E-state index contributed by atoms with van der Waals surface area (Å²) >= 11 is 1.71. The van der Waals surface area contributed by atoms with Gasteiger partial charge in [-0.15, -0.1) is 11.3 Å². The number of hydrogen-bond donors (Lipinski definition) is 2. The molecule has 0 radical (unpaired) electrons. The van der Waals surface area contributed by atoms with E-state index < -0.39 is 0 Å². The van der Waals surface area contributed by atoms with Gasteiger partial charge in [0.1, 0.15) is 5.01 Å². The summed E-state index contributed by atoms with van der Waals surface area (Å²) in [6.45, 7) is 7.46. The molecule has 3 N–H and O–H groups in total. The van der Waals surface area contributed by atoms with Gasteiger partial charge in [0.2, 0.25) is 0 Å². The van der Waals surface area contributed by atoms with E-state index >= 15 is 0 Å². The maximum absolute atomic E-state index is 6.05. The first-order valence-corrected chi connectivity index (χ1v) is 6.89. The number of rotatable bonds is 7. The van der Waals surface area contributed by atoms with Crippen molar-refractivity contribution in [1.29, 1.82) is 0 Å². The van der Waals surface area contributed by atoms with Crippen LogP contribution < -0.4 is 11.1 Å². The summed E-state index contributed by atoms with van der Waals surface area (Å²) in [4.78, 5) is 4.34. The van der Waals surface area contributed by atoms with E-state index in [2.05, 4.69) is 31.1 Å². The lowest BCUT2D eigenvalue weighted by molar-refractivity contribution is 0.430. The number of nitrogens with zero attached hydrogens (tertiary/aromatic N) is 1. The summed E-state index contributed by atoms with van der Waals surface area (Å²) in [6, 6.07) is 0.604. The minimum atomic E-state index is 0.244. The number of hydrogen-bond acceptors (Lipinski definition) is 4. The second kappa shape index (κ2) is 6.99. The van der Waals surface area contributed by atoms with Gasteiger partial charge in [-0.05, 0) is 18.8 Å². The highest BCUT2D eigenvalue weighted by atomic mass is 32.1. The topological polar surface area (TPSA) is 50.9 Å². The first-order chi connectivity index (χ1) is 7.63. The van der Waals surface area contributed by atoms with Crippen LogP contribution in [0, 0.1) is 5.92 Å². The molecule has 0 fully saturated rings. The van der Waals surface area contributed by atoms with Gasteiger partial charge in [0.25, 0.3) is 0 Å². The second-order valence-corrected chi connectivity index (χ2v) is 5.56. The maximum Gasteiger partial charge on any atom is 0.109 e. The van der Waals surface area contributed by atoms with Gasteiger partial charge in [-0.1, -0.05) is 20.8 Å². The molecule has 3 nitrogen and oxygen atoms in total. The number of nitrogens with two attached hydrogens (primary N) is 1. The quantitative estimate of drug-likeness (QED) is 0.771. The number of aromatic nitrogens is 1. The van der Waals surface area contributed by atoms with Crippen LogP contribution in [0.2, 0.25) is 0 Å². The molecule has 1 aromatic rings. The van der Waals surface area contributed by atoms with Crippen molar-refractivity contribution in [2.24, 2.45) is 11.7 Å². The van der Waals surface area contributed by atoms with Gasteiger partial charge in [0.15, 0.2) is 0 Å². The molecule has 0 bridgehead atoms. The third-order valence-corrected chi connectivity index (χ3v) is 3.45. The van der Waals surface area contributed by atoms with E-state index in [0.717, 1.165) is 19.4 Å². The van der Waals surface area contributed by atoms with Gasteiger partial charge < -0.3 is 11.1 Å². The Morgan fingerprint density at radius 2 is 2.25 bits per heavy atom. The monoisotopic (exact) mass is 241 g/mol. The van der Waals surface area contributed by atoms with Crippen LogP contribution in [0.5, 0.6) is 0 Å². The van der Waals surface area contributed by atoms with Crippen molar-refractivity contribution in [2.45, 2.75) is 45.7 Å². The van der Waals surface area contributed by atoms with Gasteiger partial charge >= 0.3 is 0 Å². The van der Waals surface area contributed by atoms with E-state index in [1.807, 2.05) is 11.6 Å². The van der Waals surface area contributed by atoms with E-state index in [9.17, 15) is 0 Å². The summed E-state index contributed by atoms with van der Waals surface area (Å²) in [7, 11) is 0. The Balaban J connectivity index is 2.35. The average Bonchev–Trinajstić information content (AvgIpc) is 2.71.